The zero-order valence-corrected chi connectivity index (χ0v) is 10.2. The molecule has 3 atom stereocenters. The molecule has 3 nitrogen and oxygen atoms in total. The standard InChI is InChI=1S/C12H26N2O/c1-3-11-5-4-7-14(8-6-11)12(9-15)10(2)13/h10-12,15H,3-9,13H2,1-2H3. The second kappa shape index (κ2) is 6.46. The van der Waals surface area contributed by atoms with Crippen LogP contribution in [0.1, 0.15) is 39.5 Å². The van der Waals surface area contributed by atoms with Crippen molar-refractivity contribution in [2.24, 2.45) is 11.7 Å². The highest BCUT2D eigenvalue weighted by Gasteiger charge is 2.24. The van der Waals surface area contributed by atoms with Crippen molar-refractivity contribution in [3.05, 3.63) is 0 Å². The Morgan fingerprint density at radius 1 is 1.40 bits per heavy atom. The zero-order valence-electron chi connectivity index (χ0n) is 10.2. The molecule has 1 saturated heterocycles. The second-order valence-corrected chi connectivity index (χ2v) is 4.85. The average molecular weight is 214 g/mol. The van der Waals surface area contributed by atoms with Gasteiger partial charge >= 0.3 is 0 Å². The van der Waals surface area contributed by atoms with E-state index in [9.17, 15) is 5.11 Å². The van der Waals surface area contributed by atoms with Crippen molar-refractivity contribution < 1.29 is 5.11 Å². The predicted octanol–water partition coefficient (Wildman–Crippen LogP) is 1.21. The molecule has 0 aromatic heterocycles. The van der Waals surface area contributed by atoms with Gasteiger partial charge in [0.25, 0.3) is 0 Å². The van der Waals surface area contributed by atoms with Crippen LogP contribution in [0.25, 0.3) is 0 Å². The van der Waals surface area contributed by atoms with Gasteiger partial charge in [0.05, 0.1) is 6.61 Å². The number of likely N-dealkylation sites (tertiary alicyclic amines) is 1. The lowest BCUT2D eigenvalue weighted by Gasteiger charge is -2.31. The van der Waals surface area contributed by atoms with Crippen molar-refractivity contribution in [3.63, 3.8) is 0 Å². The summed E-state index contributed by atoms with van der Waals surface area (Å²) in [6.07, 6.45) is 5.14. The molecule has 1 heterocycles. The minimum absolute atomic E-state index is 0.0631. The van der Waals surface area contributed by atoms with Crippen LogP contribution in [0.2, 0.25) is 0 Å². The number of hydrogen-bond acceptors (Lipinski definition) is 3. The van der Waals surface area contributed by atoms with Crippen LogP contribution in [0.3, 0.4) is 0 Å². The third-order valence-electron chi connectivity index (χ3n) is 3.72. The summed E-state index contributed by atoms with van der Waals surface area (Å²) in [4.78, 5) is 2.38. The summed E-state index contributed by atoms with van der Waals surface area (Å²) >= 11 is 0. The summed E-state index contributed by atoms with van der Waals surface area (Å²) in [5.41, 5.74) is 5.89. The first-order valence-corrected chi connectivity index (χ1v) is 6.29. The van der Waals surface area contributed by atoms with E-state index < -0.39 is 0 Å². The van der Waals surface area contributed by atoms with Gasteiger partial charge in [-0.25, -0.2) is 0 Å². The average Bonchev–Trinajstić information content (AvgIpc) is 2.44. The van der Waals surface area contributed by atoms with Crippen LogP contribution < -0.4 is 5.73 Å². The Balaban J connectivity index is 2.48. The number of hydrogen-bond donors (Lipinski definition) is 2. The first kappa shape index (κ1) is 12.9. The van der Waals surface area contributed by atoms with Crippen molar-refractivity contribution in [2.75, 3.05) is 19.7 Å². The Kier molecular flexibility index (Phi) is 5.58. The topological polar surface area (TPSA) is 49.5 Å². The van der Waals surface area contributed by atoms with E-state index in [4.69, 9.17) is 5.73 Å². The maximum atomic E-state index is 9.34. The lowest BCUT2D eigenvalue weighted by atomic mass is 9.98. The number of nitrogens with two attached hydrogens (primary N) is 1. The maximum absolute atomic E-state index is 9.34. The molecule has 0 aromatic carbocycles. The van der Waals surface area contributed by atoms with E-state index in [1.54, 1.807) is 0 Å². The summed E-state index contributed by atoms with van der Waals surface area (Å²) < 4.78 is 0. The molecule has 1 fully saturated rings. The molecule has 1 rings (SSSR count). The van der Waals surface area contributed by atoms with Crippen molar-refractivity contribution in [3.8, 4) is 0 Å². The quantitative estimate of drug-likeness (QED) is 0.739. The molecular formula is C12H26N2O. The van der Waals surface area contributed by atoms with E-state index in [0.717, 1.165) is 19.0 Å². The number of rotatable bonds is 4. The highest BCUT2D eigenvalue weighted by molar-refractivity contribution is 4.81. The molecule has 1 aliphatic rings. The summed E-state index contributed by atoms with van der Waals surface area (Å²) in [5.74, 6) is 0.877. The van der Waals surface area contributed by atoms with Gasteiger partial charge in [-0.3, -0.25) is 4.90 Å². The molecule has 15 heavy (non-hydrogen) atoms. The Hall–Kier alpha value is -0.120. The van der Waals surface area contributed by atoms with Crippen molar-refractivity contribution in [1.82, 2.24) is 4.90 Å². The Morgan fingerprint density at radius 3 is 2.67 bits per heavy atom. The third-order valence-corrected chi connectivity index (χ3v) is 3.72. The Morgan fingerprint density at radius 2 is 2.13 bits per heavy atom. The molecular weight excluding hydrogens is 188 g/mol. The van der Waals surface area contributed by atoms with E-state index in [1.807, 2.05) is 6.92 Å². The van der Waals surface area contributed by atoms with Crippen molar-refractivity contribution >= 4 is 0 Å². The SMILES string of the molecule is CCC1CCCN(C(CO)C(C)N)CC1. The first-order chi connectivity index (χ1) is 7.19. The van der Waals surface area contributed by atoms with Crippen LogP contribution in [0.4, 0.5) is 0 Å². The second-order valence-electron chi connectivity index (χ2n) is 4.85. The maximum Gasteiger partial charge on any atom is 0.0601 e. The van der Waals surface area contributed by atoms with Gasteiger partial charge in [0.15, 0.2) is 0 Å². The Labute approximate surface area is 93.6 Å². The smallest absolute Gasteiger partial charge is 0.0601 e. The number of aliphatic hydroxyl groups excluding tert-OH is 1. The lowest BCUT2D eigenvalue weighted by molar-refractivity contribution is 0.110. The van der Waals surface area contributed by atoms with E-state index >= 15 is 0 Å². The fraction of sp³-hybridized carbons (Fsp3) is 1.00. The fourth-order valence-corrected chi connectivity index (χ4v) is 2.54. The van der Waals surface area contributed by atoms with E-state index in [-0.39, 0.29) is 18.7 Å². The van der Waals surface area contributed by atoms with Crippen LogP contribution in [0.5, 0.6) is 0 Å². The summed E-state index contributed by atoms with van der Waals surface area (Å²) in [5, 5.41) is 9.34. The minimum Gasteiger partial charge on any atom is -0.395 e. The van der Waals surface area contributed by atoms with Crippen LogP contribution >= 0.6 is 0 Å². The van der Waals surface area contributed by atoms with Gasteiger partial charge in [0.2, 0.25) is 0 Å². The molecule has 0 aliphatic carbocycles. The fourth-order valence-electron chi connectivity index (χ4n) is 2.54. The normalized spacial score (nSPS) is 28.4. The summed E-state index contributed by atoms with van der Waals surface area (Å²) in [6, 6.07) is 0.216. The molecule has 0 amide bonds. The minimum atomic E-state index is 0.0631. The van der Waals surface area contributed by atoms with E-state index in [0.29, 0.717) is 0 Å². The molecule has 0 radical (unpaired) electrons. The molecule has 3 unspecified atom stereocenters. The molecule has 0 aromatic rings. The van der Waals surface area contributed by atoms with Crippen LogP contribution in [0.15, 0.2) is 0 Å². The molecule has 0 spiro atoms. The largest absolute Gasteiger partial charge is 0.395 e. The van der Waals surface area contributed by atoms with Gasteiger partial charge in [-0.15, -0.1) is 0 Å². The van der Waals surface area contributed by atoms with Crippen LogP contribution in [-0.4, -0.2) is 41.8 Å². The number of aliphatic hydroxyl groups is 1. The van der Waals surface area contributed by atoms with Gasteiger partial charge in [0, 0.05) is 12.1 Å². The van der Waals surface area contributed by atoms with E-state index in [1.165, 1.54) is 25.7 Å². The monoisotopic (exact) mass is 214 g/mol. The molecule has 1 aliphatic heterocycles. The predicted molar refractivity (Wildman–Crippen MR) is 63.7 cm³/mol. The van der Waals surface area contributed by atoms with Crippen LogP contribution in [-0.2, 0) is 0 Å². The number of nitrogens with zero attached hydrogens (tertiary/aromatic N) is 1. The van der Waals surface area contributed by atoms with Gasteiger partial charge in [-0.1, -0.05) is 13.3 Å². The molecule has 0 saturated carbocycles. The highest BCUT2D eigenvalue weighted by atomic mass is 16.3. The molecule has 90 valence electrons. The van der Waals surface area contributed by atoms with Crippen molar-refractivity contribution in [2.45, 2.75) is 51.6 Å². The lowest BCUT2D eigenvalue weighted by Crippen LogP contribution is -2.49. The molecule has 0 bridgehead atoms. The van der Waals surface area contributed by atoms with Crippen molar-refractivity contribution in [1.29, 1.82) is 0 Å². The molecule has 3 heteroatoms. The first-order valence-electron chi connectivity index (χ1n) is 6.29. The highest BCUT2D eigenvalue weighted by Crippen LogP contribution is 2.21. The third kappa shape index (κ3) is 3.74. The zero-order chi connectivity index (χ0) is 11.3. The molecule has 3 N–H and O–H groups in total. The van der Waals surface area contributed by atoms with Crippen LogP contribution in [0, 0.1) is 5.92 Å². The summed E-state index contributed by atoms with van der Waals surface area (Å²) in [6.45, 7) is 6.65. The van der Waals surface area contributed by atoms with Gasteiger partial charge in [-0.2, -0.15) is 0 Å². The van der Waals surface area contributed by atoms with Gasteiger partial charge in [0.1, 0.15) is 0 Å². The summed E-state index contributed by atoms with van der Waals surface area (Å²) in [7, 11) is 0. The Bertz CT molecular complexity index is 173. The van der Waals surface area contributed by atoms with Gasteiger partial charge in [-0.05, 0) is 45.2 Å². The van der Waals surface area contributed by atoms with E-state index in [2.05, 4.69) is 11.8 Å². The van der Waals surface area contributed by atoms with Gasteiger partial charge < -0.3 is 10.8 Å².